The standard InChI is InChI=1S/C31H23BrF3N3O6S2/c1-43-20-11-6-15(12-21(20)44-2)23-24-25(28(41)38(27(24)40)19-9-7-17(32)8-10-19)45-29-26(23)46-30(42)37(29)14-22(39)36-18-5-3-4-16(13-18)31(33,34)35/h3-13,23-25H,14H2,1-2H3,(H,36,39)/t23-,24?,25?/m0/s1. The number of rotatable bonds is 7. The van der Waals surface area contributed by atoms with Gasteiger partial charge in [0.15, 0.2) is 11.5 Å². The van der Waals surface area contributed by atoms with Crippen LogP contribution in [0.4, 0.5) is 24.5 Å². The summed E-state index contributed by atoms with van der Waals surface area (Å²) in [5.41, 5.74) is -0.0422. The summed E-state index contributed by atoms with van der Waals surface area (Å²) in [5, 5.41) is 1.82. The van der Waals surface area contributed by atoms with Gasteiger partial charge in [0.2, 0.25) is 17.7 Å². The van der Waals surface area contributed by atoms with Crippen molar-refractivity contribution in [2.75, 3.05) is 24.4 Å². The van der Waals surface area contributed by atoms with Crippen LogP contribution < -0.4 is 24.6 Å². The normalized spacial score (nSPS) is 19.1. The predicted molar refractivity (Wildman–Crippen MR) is 170 cm³/mol. The van der Waals surface area contributed by atoms with Gasteiger partial charge in [-0.3, -0.25) is 23.7 Å². The molecular formula is C31H23BrF3N3O6S2. The largest absolute Gasteiger partial charge is 0.493 e. The van der Waals surface area contributed by atoms with E-state index in [0.29, 0.717) is 32.7 Å². The summed E-state index contributed by atoms with van der Waals surface area (Å²) >= 11 is 5.24. The highest BCUT2D eigenvalue weighted by Crippen LogP contribution is 2.54. The first-order valence-corrected chi connectivity index (χ1v) is 16.1. The average Bonchev–Trinajstić information content (AvgIpc) is 3.47. The highest BCUT2D eigenvalue weighted by molar-refractivity contribution is 9.10. The zero-order valence-corrected chi connectivity index (χ0v) is 27.2. The summed E-state index contributed by atoms with van der Waals surface area (Å²) in [7, 11) is 2.94. The zero-order chi connectivity index (χ0) is 32.9. The number of hydrogen-bond acceptors (Lipinski definition) is 8. The first-order valence-electron chi connectivity index (χ1n) is 13.6. The van der Waals surface area contributed by atoms with Gasteiger partial charge in [0.05, 0.1) is 36.4 Å². The zero-order valence-electron chi connectivity index (χ0n) is 24.0. The number of carbonyl (C=O) groups is 3. The third-order valence-corrected chi connectivity index (χ3v) is 10.8. The van der Waals surface area contributed by atoms with Crippen LogP contribution in [-0.4, -0.2) is 41.8 Å². The Kier molecular flexibility index (Phi) is 8.50. The number of thiazole rings is 1. The quantitative estimate of drug-likeness (QED) is 0.228. The van der Waals surface area contributed by atoms with Crippen molar-refractivity contribution < 1.29 is 37.0 Å². The Balaban J connectivity index is 1.41. The van der Waals surface area contributed by atoms with Gasteiger partial charge < -0.3 is 14.8 Å². The van der Waals surface area contributed by atoms with Gasteiger partial charge in [0.25, 0.3) is 0 Å². The molecule has 2 aliphatic heterocycles. The summed E-state index contributed by atoms with van der Waals surface area (Å²) in [6, 6.07) is 16.0. The van der Waals surface area contributed by atoms with Crippen molar-refractivity contribution >= 4 is 68.1 Å². The van der Waals surface area contributed by atoms with Crippen LogP contribution in [0.25, 0.3) is 0 Å². The van der Waals surface area contributed by atoms with E-state index >= 15 is 0 Å². The van der Waals surface area contributed by atoms with Gasteiger partial charge in [0.1, 0.15) is 11.8 Å². The smallest absolute Gasteiger partial charge is 0.416 e. The Morgan fingerprint density at radius 1 is 0.957 bits per heavy atom. The van der Waals surface area contributed by atoms with Gasteiger partial charge in [0, 0.05) is 21.0 Å². The molecule has 9 nitrogen and oxygen atoms in total. The molecule has 3 heterocycles. The van der Waals surface area contributed by atoms with Crippen LogP contribution >= 0.6 is 39.0 Å². The van der Waals surface area contributed by atoms with E-state index in [1.807, 2.05) is 0 Å². The summed E-state index contributed by atoms with van der Waals surface area (Å²) < 4.78 is 52.5. The summed E-state index contributed by atoms with van der Waals surface area (Å²) in [4.78, 5) is 55.6. The number of aromatic nitrogens is 1. The van der Waals surface area contributed by atoms with Crippen molar-refractivity contribution in [1.82, 2.24) is 4.57 Å². The lowest BCUT2D eigenvalue weighted by molar-refractivity contribution is -0.137. The van der Waals surface area contributed by atoms with Crippen molar-refractivity contribution in [2.45, 2.75) is 28.9 Å². The Morgan fingerprint density at radius 3 is 2.35 bits per heavy atom. The van der Waals surface area contributed by atoms with E-state index in [0.717, 1.165) is 44.6 Å². The van der Waals surface area contributed by atoms with Crippen LogP contribution in [-0.2, 0) is 27.1 Å². The number of methoxy groups -OCH3 is 2. The Bertz CT molecular complexity index is 1930. The molecule has 3 amide bonds. The highest BCUT2D eigenvalue weighted by Gasteiger charge is 2.57. The molecule has 1 N–H and O–H groups in total. The molecule has 4 aromatic rings. The molecule has 1 fully saturated rings. The number of nitrogens with one attached hydrogen (secondary N) is 1. The van der Waals surface area contributed by atoms with Gasteiger partial charge in [-0.15, -0.1) is 0 Å². The highest BCUT2D eigenvalue weighted by atomic mass is 79.9. The van der Waals surface area contributed by atoms with Gasteiger partial charge in [-0.25, -0.2) is 4.90 Å². The number of ether oxygens (including phenoxy) is 2. The lowest BCUT2D eigenvalue weighted by Crippen LogP contribution is -2.33. The van der Waals surface area contributed by atoms with E-state index in [4.69, 9.17) is 9.47 Å². The van der Waals surface area contributed by atoms with E-state index in [1.165, 1.54) is 30.9 Å². The van der Waals surface area contributed by atoms with Crippen LogP contribution in [0.3, 0.4) is 0 Å². The average molecular weight is 735 g/mol. The summed E-state index contributed by atoms with van der Waals surface area (Å²) in [5.74, 6) is -2.49. The minimum absolute atomic E-state index is 0.0883. The number of carbonyl (C=O) groups excluding carboxylic acids is 3. The van der Waals surface area contributed by atoms with Crippen molar-refractivity contribution in [3.8, 4) is 11.5 Å². The number of benzene rings is 3. The summed E-state index contributed by atoms with van der Waals surface area (Å²) in [6.07, 6.45) is -4.61. The minimum atomic E-state index is -4.61. The molecule has 2 unspecified atom stereocenters. The Morgan fingerprint density at radius 2 is 1.67 bits per heavy atom. The molecule has 46 heavy (non-hydrogen) atoms. The van der Waals surface area contributed by atoms with Gasteiger partial charge in [-0.2, -0.15) is 13.2 Å². The third kappa shape index (κ3) is 5.71. The van der Waals surface area contributed by atoms with Crippen LogP contribution in [0.2, 0.25) is 0 Å². The maximum atomic E-state index is 14.1. The van der Waals surface area contributed by atoms with Crippen molar-refractivity contribution in [1.29, 1.82) is 0 Å². The molecule has 0 spiro atoms. The molecule has 6 rings (SSSR count). The fraction of sp³-hybridized carbons (Fsp3) is 0.226. The van der Waals surface area contributed by atoms with Gasteiger partial charge in [-0.05, 0) is 60.2 Å². The number of amides is 3. The second kappa shape index (κ2) is 12.3. The molecule has 0 saturated carbocycles. The predicted octanol–water partition coefficient (Wildman–Crippen LogP) is 6.14. The number of hydrogen-bond donors (Lipinski definition) is 1. The lowest BCUT2D eigenvalue weighted by atomic mass is 9.83. The number of halogens is 4. The van der Waals surface area contributed by atoms with Crippen molar-refractivity contribution in [3.63, 3.8) is 0 Å². The fourth-order valence-electron chi connectivity index (χ4n) is 5.62. The number of imide groups is 1. The first kappa shape index (κ1) is 31.9. The van der Waals surface area contributed by atoms with E-state index in [-0.39, 0.29) is 5.69 Å². The second-order valence-electron chi connectivity index (χ2n) is 10.4. The number of fused-ring (bicyclic) bond motifs is 2. The van der Waals surface area contributed by atoms with Gasteiger partial charge >= 0.3 is 11.0 Å². The number of thioether (sulfide) groups is 1. The molecule has 3 atom stereocenters. The lowest BCUT2D eigenvalue weighted by Gasteiger charge is -2.31. The van der Waals surface area contributed by atoms with Gasteiger partial charge in [-0.1, -0.05) is 51.2 Å². The van der Waals surface area contributed by atoms with E-state index < -0.39 is 58.0 Å². The molecular weight excluding hydrogens is 711 g/mol. The summed E-state index contributed by atoms with van der Waals surface area (Å²) in [6.45, 7) is -0.525. The van der Waals surface area contributed by atoms with Crippen LogP contribution in [0.5, 0.6) is 11.5 Å². The Labute approximate surface area is 276 Å². The van der Waals surface area contributed by atoms with Crippen LogP contribution in [0.15, 0.2) is 81.0 Å². The van der Waals surface area contributed by atoms with Crippen LogP contribution in [0.1, 0.15) is 21.9 Å². The number of anilines is 2. The molecule has 0 radical (unpaired) electrons. The van der Waals surface area contributed by atoms with E-state index in [1.54, 1.807) is 42.5 Å². The second-order valence-corrected chi connectivity index (χ2v) is 13.4. The molecule has 0 aliphatic carbocycles. The van der Waals surface area contributed by atoms with E-state index in [9.17, 15) is 32.3 Å². The van der Waals surface area contributed by atoms with E-state index in [2.05, 4.69) is 21.2 Å². The number of nitrogens with zero attached hydrogens (tertiary/aromatic N) is 2. The van der Waals surface area contributed by atoms with Crippen molar-refractivity contribution in [2.24, 2.45) is 5.92 Å². The number of alkyl halides is 3. The Hall–Kier alpha value is -4.08. The maximum Gasteiger partial charge on any atom is 0.416 e. The van der Waals surface area contributed by atoms with Crippen LogP contribution in [0, 0.1) is 5.92 Å². The third-order valence-electron chi connectivity index (χ3n) is 7.68. The monoisotopic (exact) mass is 733 g/mol. The molecule has 238 valence electrons. The fourth-order valence-corrected chi connectivity index (χ4v) is 8.66. The topological polar surface area (TPSA) is 107 Å². The SMILES string of the molecule is COc1ccc([C@@H]2c3sc(=O)n(CC(=O)Nc4cccc(C(F)(F)F)c4)c3SC3C(=O)N(c4ccc(Br)cc4)C(=O)C32)cc1OC. The molecule has 1 aromatic heterocycles. The molecule has 0 bridgehead atoms. The first-order chi connectivity index (χ1) is 21.9. The molecule has 2 aliphatic rings. The van der Waals surface area contributed by atoms with Crippen molar-refractivity contribution in [3.05, 3.63) is 96.9 Å². The molecule has 1 saturated heterocycles. The molecule has 15 heteroatoms. The minimum Gasteiger partial charge on any atom is -0.493 e. The maximum absolute atomic E-state index is 14.1. The molecule has 3 aromatic carbocycles.